The van der Waals surface area contributed by atoms with E-state index in [9.17, 15) is 10.2 Å². The molecule has 80 heavy (non-hydrogen) atoms. The van der Waals surface area contributed by atoms with Gasteiger partial charge in [-0.3, -0.25) is 0 Å². The highest BCUT2D eigenvalue weighted by Crippen LogP contribution is 2.65. The predicted octanol–water partition coefficient (Wildman–Crippen LogP) is 22.0. The Balaban J connectivity index is 1.10. The maximum Gasteiger partial charge on any atom is 0.127 e. The van der Waals surface area contributed by atoms with Crippen LogP contribution in [0.4, 0.5) is 0 Å². The summed E-state index contributed by atoms with van der Waals surface area (Å²) in [7, 11) is -1.86. The molecule has 4 heteroatoms. The van der Waals surface area contributed by atoms with Crippen molar-refractivity contribution in [2.75, 3.05) is 0 Å². The summed E-state index contributed by atoms with van der Waals surface area (Å²) in [4.78, 5) is 5.94. The first kappa shape index (κ1) is 57.7. The van der Waals surface area contributed by atoms with Crippen LogP contribution in [0.3, 0.4) is 0 Å². The second-order valence-electron chi connectivity index (χ2n) is 30.7. The van der Waals surface area contributed by atoms with Crippen molar-refractivity contribution in [3.63, 3.8) is 0 Å². The highest BCUT2D eigenvalue weighted by atomic mass is 28.3. The SMILES string of the molecule is CCCCCC[Si](CCCCCC)(CCCCCC)Cc1cc(-c2ccccc2-c2cc(C(C)(C)C)cc(C34CC5CC(CC(C5)C3)C4)c2O)nc(-c2ccccc2-c2cc(C(C)(C)C)cc(C34CC5CC(CC(C5)C3)C4)c2O)c1. The number of pyridine rings is 1. The van der Waals surface area contributed by atoms with Crippen molar-refractivity contribution < 1.29 is 10.2 Å². The lowest BCUT2D eigenvalue weighted by molar-refractivity contribution is -0.00631. The molecule has 2 N–H and O–H groups in total. The van der Waals surface area contributed by atoms with Gasteiger partial charge in [-0.25, -0.2) is 4.98 Å². The fraction of sp³-hybridized carbons (Fsp3) is 0.618. The summed E-state index contributed by atoms with van der Waals surface area (Å²) in [6.07, 6.45) is 31.5. The number of phenols is 2. The van der Waals surface area contributed by atoms with E-state index < -0.39 is 8.07 Å². The smallest absolute Gasteiger partial charge is 0.127 e. The molecule has 0 amide bonds. The molecule has 4 aromatic carbocycles. The Bertz CT molecular complexity index is 2690. The van der Waals surface area contributed by atoms with Crippen LogP contribution in [0.15, 0.2) is 84.9 Å². The summed E-state index contributed by atoms with van der Waals surface area (Å²) < 4.78 is 0. The predicted molar refractivity (Wildman–Crippen MR) is 343 cm³/mol. The van der Waals surface area contributed by atoms with E-state index in [1.54, 1.807) is 0 Å². The average molecular weight is 1090 g/mol. The third-order valence-electron chi connectivity index (χ3n) is 22.3. The Morgan fingerprint density at radius 2 is 0.750 bits per heavy atom. The Labute approximate surface area is 487 Å². The topological polar surface area (TPSA) is 53.4 Å². The molecule has 0 atom stereocenters. The molecule has 3 nitrogen and oxygen atoms in total. The normalized spacial score (nSPS) is 26.0. The summed E-state index contributed by atoms with van der Waals surface area (Å²) in [5.74, 6) is 5.71. The van der Waals surface area contributed by atoms with Crippen LogP contribution in [0.25, 0.3) is 44.8 Å². The molecular formula is C76H105NO2Si. The molecule has 1 heterocycles. The van der Waals surface area contributed by atoms with E-state index in [4.69, 9.17) is 4.98 Å². The van der Waals surface area contributed by atoms with Crippen LogP contribution >= 0.6 is 0 Å². The van der Waals surface area contributed by atoms with Crippen LogP contribution in [0.1, 0.15) is 244 Å². The number of nitrogens with zero attached hydrogens (tertiary/aromatic N) is 1. The molecule has 0 unspecified atom stereocenters. The Hall–Kier alpha value is -4.15. The molecule has 8 saturated carbocycles. The molecule has 0 aliphatic heterocycles. The van der Waals surface area contributed by atoms with Gasteiger partial charge < -0.3 is 10.2 Å². The molecule has 13 rings (SSSR count). The first-order chi connectivity index (χ1) is 38.4. The first-order valence-corrected chi connectivity index (χ1v) is 36.2. The molecular weight excluding hydrogens is 987 g/mol. The zero-order chi connectivity index (χ0) is 56.0. The van der Waals surface area contributed by atoms with Gasteiger partial charge in [-0.1, -0.05) is 218 Å². The summed E-state index contributed by atoms with van der Waals surface area (Å²) in [6.45, 7) is 21.2. The van der Waals surface area contributed by atoms with Crippen molar-refractivity contribution in [2.45, 2.75) is 262 Å². The summed E-state index contributed by atoms with van der Waals surface area (Å²) in [5.41, 5.74) is 14.8. The number of unbranched alkanes of at least 4 members (excludes halogenated alkanes) is 9. The summed E-state index contributed by atoms with van der Waals surface area (Å²) in [6, 6.07) is 38.1. The van der Waals surface area contributed by atoms with Crippen molar-refractivity contribution in [1.29, 1.82) is 0 Å². The summed E-state index contributed by atoms with van der Waals surface area (Å²) in [5, 5.41) is 26.4. The van der Waals surface area contributed by atoms with Gasteiger partial charge in [-0.05, 0) is 192 Å². The van der Waals surface area contributed by atoms with Crippen molar-refractivity contribution in [1.82, 2.24) is 4.98 Å². The zero-order valence-corrected chi connectivity index (χ0v) is 52.7. The van der Waals surface area contributed by atoms with Gasteiger partial charge in [0.2, 0.25) is 0 Å². The van der Waals surface area contributed by atoms with Gasteiger partial charge in [0, 0.05) is 33.4 Å². The van der Waals surface area contributed by atoms with Gasteiger partial charge in [-0.15, -0.1) is 0 Å². The highest BCUT2D eigenvalue weighted by Gasteiger charge is 2.54. The number of phenolic OH excluding ortho intramolecular Hbond substituents is 2. The lowest BCUT2D eigenvalue weighted by atomic mass is 9.47. The number of aromatic hydroxyl groups is 2. The first-order valence-electron chi connectivity index (χ1n) is 33.4. The van der Waals surface area contributed by atoms with E-state index in [0.29, 0.717) is 11.5 Å². The molecule has 430 valence electrons. The quantitative estimate of drug-likeness (QED) is 0.0506. The minimum absolute atomic E-state index is 0.0452. The molecule has 8 aliphatic rings. The third kappa shape index (κ3) is 11.9. The minimum atomic E-state index is -1.86. The summed E-state index contributed by atoms with van der Waals surface area (Å²) >= 11 is 0. The van der Waals surface area contributed by atoms with Crippen molar-refractivity contribution in [2.24, 2.45) is 35.5 Å². The molecule has 0 radical (unpaired) electrons. The van der Waals surface area contributed by atoms with Gasteiger partial charge >= 0.3 is 0 Å². The molecule has 8 bridgehead atoms. The largest absolute Gasteiger partial charge is 0.507 e. The van der Waals surface area contributed by atoms with E-state index in [1.165, 1.54) is 206 Å². The fourth-order valence-electron chi connectivity index (χ4n) is 18.9. The molecule has 1 aromatic heterocycles. The monoisotopic (exact) mass is 1090 g/mol. The van der Waals surface area contributed by atoms with Crippen LogP contribution in [-0.2, 0) is 27.7 Å². The van der Waals surface area contributed by atoms with Crippen molar-refractivity contribution >= 4 is 8.07 Å². The second kappa shape index (κ2) is 23.5. The fourth-order valence-corrected chi connectivity index (χ4v) is 24.3. The van der Waals surface area contributed by atoms with Crippen molar-refractivity contribution in [3.8, 4) is 56.3 Å². The molecule has 0 spiro atoms. The van der Waals surface area contributed by atoms with Crippen LogP contribution < -0.4 is 0 Å². The molecule has 8 aliphatic carbocycles. The lowest BCUT2D eigenvalue weighted by Crippen LogP contribution is -2.48. The maximum atomic E-state index is 13.2. The number of hydrogen-bond acceptors (Lipinski definition) is 3. The Kier molecular flexibility index (Phi) is 16.9. The van der Waals surface area contributed by atoms with Crippen molar-refractivity contribution in [3.05, 3.63) is 113 Å². The standard InChI is InChI=1S/C76H105NO2Si/c1-10-13-16-23-30-80(31-24-17-14-11-2,32-25-18-15-12-3)51-58-39-69(63-28-21-19-26-61(63)65-41-59(73(4,5)6)43-67(71(65)78)75-45-52-33-53(46-75)35-54(34-52)47-75)77-70(40-58)64-29-22-20-27-62(64)66-42-60(74(7,8)9)44-68(72(66)79)76-48-55-36-56(49-76)38-57(37-55)50-76/h19-22,26-29,39-44,52-57,78-79H,10-18,23-25,30-38,45-51H2,1-9H3. The molecule has 5 aromatic rings. The number of benzene rings is 4. The Morgan fingerprint density at radius 1 is 0.425 bits per heavy atom. The van der Waals surface area contributed by atoms with Gasteiger partial charge in [-0.2, -0.15) is 0 Å². The number of hydrogen-bond donors (Lipinski definition) is 2. The van der Waals surface area contributed by atoms with E-state index in [-0.39, 0.29) is 21.7 Å². The van der Waals surface area contributed by atoms with Gasteiger partial charge in [0.05, 0.1) is 19.5 Å². The Morgan fingerprint density at radius 3 is 1.06 bits per heavy atom. The van der Waals surface area contributed by atoms with Crippen LogP contribution in [0.2, 0.25) is 18.1 Å². The van der Waals surface area contributed by atoms with E-state index in [1.807, 2.05) is 0 Å². The lowest BCUT2D eigenvalue weighted by Gasteiger charge is -2.57. The minimum Gasteiger partial charge on any atom is -0.507 e. The van der Waals surface area contributed by atoms with Gasteiger partial charge in [0.25, 0.3) is 0 Å². The van der Waals surface area contributed by atoms with Gasteiger partial charge in [0.1, 0.15) is 11.5 Å². The van der Waals surface area contributed by atoms with E-state index >= 15 is 0 Å². The van der Waals surface area contributed by atoms with E-state index in [0.717, 1.165) is 80.3 Å². The van der Waals surface area contributed by atoms with Crippen LogP contribution in [-0.4, -0.2) is 23.3 Å². The second-order valence-corrected chi connectivity index (χ2v) is 35.5. The number of rotatable bonds is 23. The van der Waals surface area contributed by atoms with E-state index in [2.05, 4.69) is 147 Å². The van der Waals surface area contributed by atoms with Crippen LogP contribution in [0, 0.1) is 35.5 Å². The zero-order valence-electron chi connectivity index (χ0n) is 51.7. The third-order valence-corrected chi connectivity index (χ3v) is 27.7. The number of aromatic nitrogens is 1. The van der Waals surface area contributed by atoms with Gasteiger partial charge in [0.15, 0.2) is 0 Å². The average Bonchev–Trinajstić information content (AvgIpc) is 3.44. The molecule has 0 saturated heterocycles. The molecule has 8 fully saturated rings. The highest BCUT2D eigenvalue weighted by molar-refractivity contribution is 6.79. The van der Waals surface area contributed by atoms with Crippen LogP contribution in [0.5, 0.6) is 11.5 Å². The maximum absolute atomic E-state index is 13.2.